The number of rotatable bonds is 6. The van der Waals surface area contributed by atoms with Crippen LogP contribution in [0.15, 0.2) is 48.5 Å². The van der Waals surface area contributed by atoms with Crippen LogP contribution in [0.25, 0.3) is 0 Å². The SMILES string of the molecule is CN1CCN(C(=O)Cc2cccc(NC(=O)c3ccccc3OC3CC3)c2)CC1. The molecular weight excluding hydrogens is 366 g/mol. The van der Waals surface area contributed by atoms with Gasteiger partial charge in [-0.15, -0.1) is 0 Å². The van der Waals surface area contributed by atoms with Gasteiger partial charge in [0.2, 0.25) is 5.91 Å². The van der Waals surface area contributed by atoms with E-state index in [2.05, 4.69) is 17.3 Å². The van der Waals surface area contributed by atoms with Gasteiger partial charge in [-0.3, -0.25) is 9.59 Å². The van der Waals surface area contributed by atoms with Crippen molar-refractivity contribution in [3.05, 3.63) is 59.7 Å². The van der Waals surface area contributed by atoms with E-state index in [-0.39, 0.29) is 17.9 Å². The van der Waals surface area contributed by atoms with Gasteiger partial charge in [0.05, 0.1) is 18.1 Å². The highest BCUT2D eigenvalue weighted by Crippen LogP contribution is 2.29. The topological polar surface area (TPSA) is 61.9 Å². The largest absolute Gasteiger partial charge is 0.490 e. The highest BCUT2D eigenvalue weighted by Gasteiger charge is 2.25. The van der Waals surface area contributed by atoms with E-state index >= 15 is 0 Å². The average Bonchev–Trinajstić information content (AvgIpc) is 3.53. The van der Waals surface area contributed by atoms with Crippen molar-refractivity contribution in [2.75, 3.05) is 38.5 Å². The van der Waals surface area contributed by atoms with Gasteiger partial charge >= 0.3 is 0 Å². The van der Waals surface area contributed by atoms with Gasteiger partial charge in [-0.25, -0.2) is 0 Å². The maximum absolute atomic E-state index is 12.8. The average molecular weight is 393 g/mol. The number of nitrogens with zero attached hydrogens (tertiary/aromatic N) is 2. The summed E-state index contributed by atoms with van der Waals surface area (Å²) in [6, 6.07) is 14.8. The third-order valence-electron chi connectivity index (χ3n) is 5.35. The number of anilines is 1. The fourth-order valence-corrected chi connectivity index (χ4v) is 3.42. The minimum atomic E-state index is -0.205. The summed E-state index contributed by atoms with van der Waals surface area (Å²) >= 11 is 0. The summed E-state index contributed by atoms with van der Waals surface area (Å²) in [4.78, 5) is 29.5. The molecule has 2 amide bonds. The number of amides is 2. The first-order valence-corrected chi connectivity index (χ1v) is 10.2. The molecule has 1 heterocycles. The molecule has 1 N–H and O–H groups in total. The van der Waals surface area contributed by atoms with E-state index < -0.39 is 0 Å². The van der Waals surface area contributed by atoms with Gasteiger partial charge in [-0.1, -0.05) is 24.3 Å². The maximum atomic E-state index is 12.8. The normalized spacial score (nSPS) is 17.1. The first kappa shape index (κ1) is 19.5. The Balaban J connectivity index is 1.40. The molecule has 29 heavy (non-hydrogen) atoms. The van der Waals surface area contributed by atoms with E-state index in [0.717, 1.165) is 44.6 Å². The number of hydrogen-bond acceptors (Lipinski definition) is 4. The van der Waals surface area contributed by atoms with Gasteiger partial charge in [-0.2, -0.15) is 0 Å². The fraction of sp³-hybridized carbons (Fsp3) is 0.391. The molecule has 0 aromatic heterocycles. The van der Waals surface area contributed by atoms with Gasteiger partial charge in [0.25, 0.3) is 5.91 Å². The molecule has 1 saturated carbocycles. The number of piperazine rings is 1. The minimum Gasteiger partial charge on any atom is -0.490 e. The third kappa shape index (κ3) is 5.15. The first-order valence-electron chi connectivity index (χ1n) is 10.2. The Morgan fingerprint density at radius 2 is 1.79 bits per heavy atom. The van der Waals surface area contributed by atoms with Crippen molar-refractivity contribution in [2.45, 2.75) is 25.4 Å². The molecule has 4 rings (SSSR count). The molecule has 0 bridgehead atoms. The second-order valence-electron chi connectivity index (χ2n) is 7.83. The Kier molecular flexibility index (Phi) is 5.81. The Hall–Kier alpha value is -2.86. The van der Waals surface area contributed by atoms with Crippen molar-refractivity contribution < 1.29 is 14.3 Å². The Bertz CT molecular complexity index is 886. The van der Waals surface area contributed by atoms with Crippen LogP contribution in [0, 0.1) is 0 Å². The molecule has 0 atom stereocenters. The molecule has 0 spiro atoms. The molecule has 6 heteroatoms. The van der Waals surface area contributed by atoms with Crippen LogP contribution >= 0.6 is 0 Å². The molecule has 152 valence electrons. The van der Waals surface area contributed by atoms with Crippen LogP contribution in [0.4, 0.5) is 5.69 Å². The van der Waals surface area contributed by atoms with Crippen LogP contribution in [0.3, 0.4) is 0 Å². The number of para-hydroxylation sites is 1. The van der Waals surface area contributed by atoms with Gasteiger partial charge in [0.15, 0.2) is 0 Å². The van der Waals surface area contributed by atoms with Crippen LogP contribution in [0.2, 0.25) is 0 Å². The summed E-state index contributed by atoms with van der Waals surface area (Å²) < 4.78 is 5.85. The van der Waals surface area contributed by atoms with Crippen molar-refractivity contribution in [1.82, 2.24) is 9.80 Å². The van der Waals surface area contributed by atoms with Crippen LogP contribution in [0.5, 0.6) is 5.75 Å². The Morgan fingerprint density at radius 1 is 1.03 bits per heavy atom. The molecule has 6 nitrogen and oxygen atoms in total. The fourth-order valence-electron chi connectivity index (χ4n) is 3.42. The lowest BCUT2D eigenvalue weighted by molar-refractivity contribution is -0.132. The lowest BCUT2D eigenvalue weighted by Gasteiger charge is -2.32. The Labute approximate surface area is 171 Å². The molecule has 1 saturated heterocycles. The molecule has 2 aromatic rings. The standard InChI is InChI=1S/C23H27N3O3/c1-25-11-13-26(14-12-25)22(27)16-17-5-4-6-18(15-17)24-23(28)20-7-2-3-8-21(20)29-19-9-10-19/h2-8,15,19H,9-14,16H2,1H3,(H,24,28). The smallest absolute Gasteiger partial charge is 0.259 e. The lowest BCUT2D eigenvalue weighted by Crippen LogP contribution is -2.47. The number of ether oxygens (including phenoxy) is 1. The number of carbonyl (C=O) groups is 2. The van der Waals surface area contributed by atoms with Crippen LogP contribution in [0.1, 0.15) is 28.8 Å². The van der Waals surface area contributed by atoms with Crippen LogP contribution in [-0.4, -0.2) is 60.9 Å². The summed E-state index contributed by atoms with van der Waals surface area (Å²) in [5, 5.41) is 2.94. The number of benzene rings is 2. The number of nitrogens with one attached hydrogen (secondary N) is 1. The zero-order chi connectivity index (χ0) is 20.2. The summed E-state index contributed by atoms with van der Waals surface area (Å²) in [5.41, 5.74) is 2.10. The molecular formula is C23H27N3O3. The van der Waals surface area contributed by atoms with E-state index in [1.807, 2.05) is 47.4 Å². The Morgan fingerprint density at radius 3 is 2.55 bits per heavy atom. The second-order valence-corrected chi connectivity index (χ2v) is 7.83. The zero-order valence-electron chi connectivity index (χ0n) is 16.8. The third-order valence-corrected chi connectivity index (χ3v) is 5.35. The highest BCUT2D eigenvalue weighted by molar-refractivity contribution is 6.06. The van der Waals surface area contributed by atoms with Crippen molar-refractivity contribution >= 4 is 17.5 Å². The monoisotopic (exact) mass is 393 g/mol. The van der Waals surface area contributed by atoms with Gasteiger partial charge < -0.3 is 19.9 Å². The van der Waals surface area contributed by atoms with Crippen molar-refractivity contribution in [3.63, 3.8) is 0 Å². The summed E-state index contributed by atoms with van der Waals surface area (Å²) in [6.07, 6.45) is 2.65. The zero-order valence-corrected chi connectivity index (χ0v) is 16.8. The predicted molar refractivity (Wildman–Crippen MR) is 112 cm³/mol. The summed E-state index contributed by atoms with van der Waals surface area (Å²) in [5.74, 6) is 0.544. The quantitative estimate of drug-likeness (QED) is 0.820. The molecule has 2 aliphatic rings. The van der Waals surface area contributed by atoms with Gasteiger partial charge in [0.1, 0.15) is 5.75 Å². The summed E-state index contributed by atoms with van der Waals surface area (Å²) in [7, 11) is 2.07. The van der Waals surface area contributed by atoms with E-state index in [1.165, 1.54) is 0 Å². The van der Waals surface area contributed by atoms with Crippen LogP contribution in [-0.2, 0) is 11.2 Å². The van der Waals surface area contributed by atoms with Crippen molar-refractivity contribution in [2.24, 2.45) is 0 Å². The molecule has 0 unspecified atom stereocenters. The minimum absolute atomic E-state index is 0.129. The van der Waals surface area contributed by atoms with Crippen LogP contribution < -0.4 is 10.1 Å². The predicted octanol–water partition coefficient (Wildman–Crippen LogP) is 2.80. The highest BCUT2D eigenvalue weighted by atomic mass is 16.5. The number of hydrogen-bond donors (Lipinski definition) is 1. The second kappa shape index (κ2) is 8.66. The number of carbonyl (C=O) groups excluding carboxylic acids is 2. The first-order chi connectivity index (χ1) is 14.1. The molecule has 2 fully saturated rings. The number of likely N-dealkylation sites (N-methyl/N-ethyl adjacent to an activating group) is 1. The maximum Gasteiger partial charge on any atom is 0.259 e. The van der Waals surface area contributed by atoms with Gasteiger partial charge in [0, 0.05) is 31.9 Å². The van der Waals surface area contributed by atoms with Crippen molar-refractivity contribution in [3.8, 4) is 5.75 Å². The summed E-state index contributed by atoms with van der Waals surface area (Å²) in [6.45, 7) is 3.35. The van der Waals surface area contributed by atoms with E-state index in [4.69, 9.17) is 4.74 Å². The molecule has 2 aromatic carbocycles. The molecule has 1 aliphatic carbocycles. The van der Waals surface area contributed by atoms with E-state index in [1.54, 1.807) is 6.07 Å². The lowest BCUT2D eigenvalue weighted by atomic mass is 10.1. The van der Waals surface area contributed by atoms with Gasteiger partial charge in [-0.05, 0) is 49.7 Å². The molecule has 1 aliphatic heterocycles. The van der Waals surface area contributed by atoms with E-state index in [9.17, 15) is 9.59 Å². The van der Waals surface area contributed by atoms with E-state index in [0.29, 0.717) is 23.4 Å². The molecule has 0 radical (unpaired) electrons. The van der Waals surface area contributed by atoms with Crippen molar-refractivity contribution in [1.29, 1.82) is 0 Å².